The van der Waals surface area contributed by atoms with Gasteiger partial charge in [-0.1, -0.05) is 36.4 Å². The number of hydrogen-bond acceptors (Lipinski definition) is 2. The van der Waals surface area contributed by atoms with Crippen LogP contribution in [0.25, 0.3) is 0 Å². The maximum absolute atomic E-state index is 13.6. The van der Waals surface area contributed by atoms with E-state index in [1.807, 2.05) is 12.1 Å². The van der Waals surface area contributed by atoms with E-state index in [2.05, 4.69) is 11.9 Å². The molecule has 2 bridgehead atoms. The van der Waals surface area contributed by atoms with Gasteiger partial charge in [-0.15, -0.1) is 0 Å². The number of hydrogen-bond donors (Lipinski definition) is 0. The Hall–Kier alpha value is -2.63. The first-order valence-corrected chi connectivity index (χ1v) is 11.6. The molecule has 0 unspecified atom stereocenters. The molecule has 0 aliphatic carbocycles. The SMILES string of the molecule is CN1[C@H]2CC[C@@H]1[C@@H](COC(c1ccc(F)cc1)c1ccc(F)cc1)[C@@H](c1ccc(F)cc1)C2. The topological polar surface area (TPSA) is 12.5 Å². The van der Waals surface area contributed by atoms with Crippen molar-refractivity contribution in [3.63, 3.8) is 0 Å². The van der Waals surface area contributed by atoms with Crippen LogP contribution in [0, 0.1) is 23.4 Å². The van der Waals surface area contributed by atoms with Gasteiger partial charge in [0.05, 0.1) is 6.61 Å². The van der Waals surface area contributed by atoms with Crippen LogP contribution in [0.3, 0.4) is 0 Å². The summed E-state index contributed by atoms with van der Waals surface area (Å²) in [6, 6.07) is 20.4. The fourth-order valence-corrected chi connectivity index (χ4v) is 5.77. The van der Waals surface area contributed by atoms with Gasteiger partial charge in [0.25, 0.3) is 0 Å². The summed E-state index contributed by atoms with van der Waals surface area (Å²) in [7, 11) is 2.19. The normalized spacial score (nSPS) is 25.0. The standard InChI is InChI=1S/C28H28F3NO/c1-32-24-14-15-27(32)26(25(16-24)18-2-8-21(29)9-3-18)17-33-28(19-4-10-22(30)11-5-19)20-6-12-23(31)13-7-20/h2-13,24-28H,14-17H2,1H3/t24-,25+,26-,27+/m0/s1. The van der Waals surface area contributed by atoms with E-state index in [0.29, 0.717) is 18.7 Å². The van der Waals surface area contributed by atoms with Crippen molar-refractivity contribution in [2.24, 2.45) is 5.92 Å². The largest absolute Gasteiger partial charge is 0.368 e. The maximum Gasteiger partial charge on any atom is 0.123 e. The molecule has 2 aliphatic rings. The molecule has 33 heavy (non-hydrogen) atoms. The second-order valence-electron chi connectivity index (χ2n) is 9.34. The Morgan fingerprint density at radius 1 is 0.788 bits per heavy atom. The van der Waals surface area contributed by atoms with Crippen LogP contribution in [0.4, 0.5) is 13.2 Å². The molecule has 0 radical (unpaired) electrons. The molecule has 0 spiro atoms. The summed E-state index contributed by atoms with van der Waals surface area (Å²) in [5.74, 6) is -0.322. The fourth-order valence-electron chi connectivity index (χ4n) is 5.77. The van der Waals surface area contributed by atoms with Crippen molar-refractivity contribution >= 4 is 0 Å². The van der Waals surface area contributed by atoms with Gasteiger partial charge in [0.2, 0.25) is 0 Å². The van der Waals surface area contributed by atoms with Crippen LogP contribution < -0.4 is 0 Å². The van der Waals surface area contributed by atoms with Gasteiger partial charge in [-0.2, -0.15) is 0 Å². The highest BCUT2D eigenvalue weighted by atomic mass is 19.1. The van der Waals surface area contributed by atoms with Crippen LogP contribution in [0.5, 0.6) is 0 Å². The molecule has 3 aromatic carbocycles. The molecule has 5 heteroatoms. The molecule has 0 N–H and O–H groups in total. The third-order valence-corrected chi connectivity index (χ3v) is 7.53. The summed E-state index contributed by atoms with van der Waals surface area (Å²) in [6.45, 7) is 0.503. The molecule has 0 amide bonds. The van der Waals surface area contributed by atoms with Gasteiger partial charge >= 0.3 is 0 Å². The van der Waals surface area contributed by atoms with Crippen LogP contribution in [-0.4, -0.2) is 30.6 Å². The lowest BCUT2D eigenvalue weighted by molar-refractivity contribution is -0.00339. The van der Waals surface area contributed by atoms with Gasteiger partial charge in [-0.25, -0.2) is 13.2 Å². The molecule has 2 nitrogen and oxygen atoms in total. The Kier molecular flexibility index (Phi) is 6.26. The summed E-state index contributed by atoms with van der Waals surface area (Å²) in [4.78, 5) is 2.47. The summed E-state index contributed by atoms with van der Waals surface area (Å²) in [5.41, 5.74) is 2.81. The molecular formula is C28H28F3NO. The van der Waals surface area contributed by atoms with Crippen molar-refractivity contribution in [2.45, 2.75) is 43.4 Å². The van der Waals surface area contributed by atoms with Crippen LogP contribution in [0.1, 0.15) is 48.0 Å². The Morgan fingerprint density at radius 3 is 1.85 bits per heavy atom. The molecular weight excluding hydrogens is 423 g/mol. The van der Waals surface area contributed by atoms with Gasteiger partial charge in [-0.05, 0) is 85.3 Å². The zero-order valence-electron chi connectivity index (χ0n) is 18.6. The zero-order valence-corrected chi connectivity index (χ0v) is 18.6. The average molecular weight is 452 g/mol. The highest BCUT2D eigenvalue weighted by Crippen LogP contribution is 2.47. The van der Waals surface area contributed by atoms with E-state index in [-0.39, 0.29) is 29.3 Å². The molecule has 2 heterocycles. The lowest BCUT2D eigenvalue weighted by atomic mass is 9.76. The molecule has 172 valence electrons. The second-order valence-corrected chi connectivity index (χ2v) is 9.34. The minimum atomic E-state index is -0.426. The Morgan fingerprint density at radius 2 is 1.30 bits per heavy atom. The predicted octanol–water partition coefficient (Wildman–Crippen LogP) is 6.48. The summed E-state index contributed by atoms with van der Waals surface area (Å²) < 4.78 is 47.3. The number of benzene rings is 3. The predicted molar refractivity (Wildman–Crippen MR) is 122 cm³/mol. The van der Waals surface area contributed by atoms with E-state index in [1.54, 1.807) is 24.3 Å². The Bertz CT molecular complexity index is 1020. The van der Waals surface area contributed by atoms with Crippen LogP contribution >= 0.6 is 0 Å². The summed E-state index contributed by atoms with van der Waals surface area (Å²) >= 11 is 0. The van der Waals surface area contributed by atoms with Crippen molar-refractivity contribution in [1.29, 1.82) is 0 Å². The van der Waals surface area contributed by atoms with Crippen molar-refractivity contribution < 1.29 is 17.9 Å². The molecule has 0 aromatic heterocycles. The first-order valence-electron chi connectivity index (χ1n) is 11.6. The van der Waals surface area contributed by atoms with Gasteiger partial charge in [0.15, 0.2) is 0 Å². The molecule has 4 atom stereocenters. The maximum atomic E-state index is 13.6. The zero-order chi connectivity index (χ0) is 22.9. The first kappa shape index (κ1) is 22.2. The van der Waals surface area contributed by atoms with Gasteiger partial charge < -0.3 is 9.64 Å². The average Bonchev–Trinajstić information content (AvgIpc) is 3.06. The molecule has 3 aromatic rings. The van der Waals surface area contributed by atoms with Crippen LogP contribution in [-0.2, 0) is 4.74 Å². The second kappa shape index (κ2) is 9.32. The molecule has 5 rings (SSSR count). The van der Waals surface area contributed by atoms with Crippen LogP contribution in [0.15, 0.2) is 72.8 Å². The van der Waals surface area contributed by atoms with E-state index >= 15 is 0 Å². The van der Waals surface area contributed by atoms with Crippen molar-refractivity contribution in [3.05, 3.63) is 107 Å². The number of piperidine rings is 1. The first-order chi connectivity index (χ1) is 16.0. The van der Waals surface area contributed by atoms with E-state index < -0.39 is 6.10 Å². The highest BCUT2D eigenvalue weighted by molar-refractivity contribution is 5.31. The van der Waals surface area contributed by atoms with Gasteiger partial charge in [0, 0.05) is 18.0 Å². The highest BCUT2D eigenvalue weighted by Gasteiger charge is 2.46. The quantitative estimate of drug-likeness (QED) is 0.426. The summed E-state index contributed by atoms with van der Waals surface area (Å²) in [6.07, 6.45) is 2.87. The smallest absolute Gasteiger partial charge is 0.123 e. The Labute approximate surface area is 193 Å². The van der Waals surface area contributed by atoms with E-state index in [9.17, 15) is 13.2 Å². The molecule has 2 saturated heterocycles. The number of halogens is 3. The van der Waals surface area contributed by atoms with Crippen molar-refractivity contribution in [2.75, 3.05) is 13.7 Å². The van der Waals surface area contributed by atoms with Gasteiger partial charge in [-0.3, -0.25) is 0 Å². The minimum Gasteiger partial charge on any atom is -0.368 e. The van der Waals surface area contributed by atoms with E-state index in [1.165, 1.54) is 36.4 Å². The molecule has 2 aliphatic heterocycles. The van der Waals surface area contributed by atoms with Crippen molar-refractivity contribution in [1.82, 2.24) is 4.90 Å². The molecule has 0 saturated carbocycles. The fraction of sp³-hybridized carbons (Fsp3) is 0.357. The number of fused-ring (bicyclic) bond motifs is 2. The number of ether oxygens (including phenoxy) is 1. The number of rotatable bonds is 6. The lowest BCUT2D eigenvalue weighted by Crippen LogP contribution is -2.47. The van der Waals surface area contributed by atoms with Crippen molar-refractivity contribution in [3.8, 4) is 0 Å². The monoisotopic (exact) mass is 451 g/mol. The Balaban J connectivity index is 1.44. The van der Waals surface area contributed by atoms with E-state index in [4.69, 9.17) is 4.74 Å². The van der Waals surface area contributed by atoms with E-state index in [0.717, 1.165) is 36.0 Å². The third-order valence-electron chi connectivity index (χ3n) is 7.53. The number of nitrogens with zero attached hydrogens (tertiary/aromatic N) is 1. The molecule has 2 fully saturated rings. The lowest BCUT2D eigenvalue weighted by Gasteiger charge is -2.43. The third kappa shape index (κ3) is 4.57. The van der Waals surface area contributed by atoms with Crippen LogP contribution in [0.2, 0.25) is 0 Å². The van der Waals surface area contributed by atoms with Gasteiger partial charge in [0.1, 0.15) is 23.6 Å². The minimum absolute atomic E-state index is 0.227. The summed E-state index contributed by atoms with van der Waals surface area (Å²) in [5, 5.41) is 0.